The van der Waals surface area contributed by atoms with Crippen molar-refractivity contribution in [2.24, 2.45) is 11.3 Å². The molecule has 2 fully saturated rings. The molecule has 0 bridgehead atoms. The molecule has 0 N–H and O–H groups in total. The van der Waals surface area contributed by atoms with Crippen molar-refractivity contribution in [2.45, 2.75) is 38.3 Å². The third kappa shape index (κ3) is 3.08. The third-order valence-electron chi connectivity index (χ3n) is 4.89. The number of hydrogen-bond donors (Lipinski definition) is 0. The minimum atomic E-state index is -4.43. The summed E-state index contributed by atoms with van der Waals surface area (Å²) < 4.78 is 37.3. The van der Waals surface area contributed by atoms with Crippen LogP contribution in [0, 0.1) is 11.3 Å². The molecule has 4 nitrogen and oxygen atoms in total. The first kappa shape index (κ1) is 15.2. The van der Waals surface area contributed by atoms with Crippen LogP contribution in [0.25, 0.3) is 0 Å². The molecule has 0 radical (unpaired) electrons. The lowest BCUT2D eigenvalue weighted by molar-refractivity contribution is -0.141. The molecule has 3 rings (SSSR count). The van der Waals surface area contributed by atoms with Gasteiger partial charge in [0.25, 0.3) is 0 Å². The molecule has 1 aromatic heterocycles. The van der Waals surface area contributed by atoms with E-state index in [9.17, 15) is 18.0 Å². The lowest BCUT2D eigenvalue weighted by Crippen LogP contribution is -2.56. The van der Waals surface area contributed by atoms with E-state index >= 15 is 0 Å². The molecular formula is C15H18F3N3O. The van der Waals surface area contributed by atoms with Gasteiger partial charge in [0, 0.05) is 24.7 Å². The van der Waals surface area contributed by atoms with Crippen LogP contribution in [-0.4, -0.2) is 34.4 Å². The van der Waals surface area contributed by atoms with Crippen molar-refractivity contribution >= 4 is 6.41 Å². The van der Waals surface area contributed by atoms with Crippen LogP contribution in [0.1, 0.15) is 37.1 Å². The number of hydrogen-bond acceptors (Lipinski definition) is 3. The average Bonchev–Trinajstić information content (AvgIpc) is 2.45. The maximum absolute atomic E-state index is 12.4. The standard InChI is InChI=1S/C15H18F3N3O/c16-15(17,18)13-7-19-12(6-20-13)5-11-1-3-14(4-2-11)8-21(9-14)10-22/h6-7,10-11H,1-5,8-9H2. The Hall–Kier alpha value is -1.66. The molecule has 1 amide bonds. The molecule has 1 aliphatic carbocycles. The van der Waals surface area contributed by atoms with Gasteiger partial charge in [-0.05, 0) is 38.0 Å². The van der Waals surface area contributed by atoms with E-state index in [4.69, 9.17) is 0 Å². The predicted molar refractivity (Wildman–Crippen MR) is 72.8 cm³/mol. The van der Waals surface area contributed by atoms with Gasteiger partial charge in [0.1, 0.15) is 0 Å². The maximum Gasteiger partial charge on any atom is 0.434 e. The highest BCUT2D eigenvalue weighted by atomic mass is 19.4. The van der Waals surface area contributed by atoms with Gasteiger partial charge < -0.3 is 4.90 Å². The first-order valence-electron chi connectivity index (χ1n) is 7.48. The van der Waals surface area contributed by atoms with Crippen LogP contribution in [0.2, 0.25) is 0 Å². The largest absolute Gasteiger partial charge is 0.434 e. The fourth-order valence-corrected chi connectivity index (χ4v) is 3.60. The lowest BCUT2D eigenvalue weighted by Gasteiger charge is -2.52. The Balaban J connectivity index is 1.52. The Kier molecular flexibility index (Phi) is 3.82. The average molecular weight is 313 g/mol. The summed E-state index contributed by atoms with van der Waals surface area (Å²) in [5, 5.41) is 0. The van der Waals surface area contributed by atoms with Crippen LogP contribution in [0.5, 0.6) is 0 Å². The summed E-state index contributed by atoms with van der Waals surface area (Å²) in [7, 11) is 0. The minimum absolute atomic E-state index is 0.295. The van der Waals surface area contributed by atoms with E-state index in [1.54, 1.807) is 4.90 Å². The summed E-state index contributed by atoms with van der Waals surface area (Å²) >= 11 is 0. The topological polar surface area (TPSA) is 46.1 Å². The van der Waals surface area contributed by atoms with Crippen molar-refractivity contribution in [3.63, 3.8) is 0 Å². The van der Waals surface area contributed by atoms with Gasteiger partial charge in [0.2, 0.25) is 6.41 Å². The van der Waals surface area contributed by atoms with Crippen molar-refractivity contribution in [3.05, 3.63) is 23.8 Å². The fourth-order valence-electron chi connectivity index (χ4n) is 3.60. The van der Waals surface area contributed by atoms with Gasteiger partial charge >= 0.3 is 6.18 Å². The Morgan fingerprint density at radius 1 is 1.23 bits per heavy atom. The quantitative estimate of drug-likeness (QED) is 0.806. The molecular weight excluding hydrogens is 295 g/mol. The Morgan fingerprint density at radius 2 is 1.91 bits per heavy atom. The number of aromatic nitrogens is 2. The number of halogens is 3. The first-order chi connectivity index (χ1) is 10.4. The highest BCUT2D eigenvalue weighted by molar-refractivity contribution is 5.49. The maximum atomic E-state index is 12.4. The summed E-state index contributed by atoms with van der Waals surface area (Å²) in [6.07, 6.45) is 3.43. The lowest BCUT2D eigenvalue weighted by atomic mass is 9.65. The predicted octanol–water partition coefficient (Wildman–Crippen LogP) is 2.69. The van der Waals surface area contributed by atoms with Crippen molar-refractivity contribution in [3.8, 4) is 0 Å². The van der Waals surface area contributed by atoms with E-state index in [1.165, 1.54) is 6.20 Å². The molecule has 22 heavy (non-hydrogen) atoms. The number of likely N-dealkylation sites (tertiary alicyclic amines) is 1. The second-order valence-electron chi connectivity index (χ2n) is 6.55. The summed E-state index contributed by atoms with van der Waals surface area (Å²) in [5.41, 5.74) is -0.0252. The van der Waals surface area contributed by atoms with Gasteiger partial charge in [-0.2, -0.15) is 13.2 Å². The monoisotopic (exact) mass is 313 g/mol. The zero-order chi connectivity index (χ0) is 15.8. The molecule has 0 atom stereocenters. The fraction of sp³-hybridized carbons (Fsp3) is 0.667. The first-order valence-corrected chi connectivity index (χ1v) is 7.48. The van der Waals surface area contributed by atoms with Gasteiger partial charge in [-0.15, -0.1) is 0 Å². The summed E-state index contributed by atoms with van der Waals surface area (Å²) in [4.78, 5) is 19.8. The number of amides is 1. The summed E-state index contributed by atoms with van der Waals surface area (Å²) in [6.45, 7) is 1.70. The van der Waals surface area contributed by atoms with Crippen molar-refractivity contribution < 1.29 is 18.0 Å². The van der Waals surface area contributed by atoms with Crippen LogP contribution in [0.4, 0.5) is 13.2 Å². The Bertz CT molecular complexity index is 528. The van der Waals surface area contributed by atoms with Gasteiger partial charge in [0.05, 0.1) is 11.9 Å². The van der Waals surface area contributed by atoms with Gasteiger partial charge in [-0.3, -0.25) is 9.78 Å². The molecule has 7 heteroatoms. The molecule has 1 saturated carbocycles. The smallest absolute Gasteiger partial charge is 0.344 e. The van der Waals surface area contributed by atoms with Gasteiger partial charge in [-0.25, -0.2) is 4.98 Å². The van der Waals surface area contributed by atoms with Crippen LogP contribution in [-0.2, 0) is 17.4 Å². The third-order valence-corrected chi connectivity index (χ3v) is 4.89. The molecule has 1 saturated heterocycles. The van der Waals surface area contributed by atoms with Gasteiger partial charge in [-0.1, -0.05) is 0 Å². The van der Waals surface area contributed by atoms with Crippen LogP contribution >= 0.6 is 0 Å². The van der Waals surface area contributed by atoms with Crippen LogP contribution in [0.3, 0.4) is 0 Å². The highest BCUT2D eigenvalue weighted by Crippen LogP contribution is 2.45. The number of nitrogens with zero attached hydrogens (tertiary/aromatic N) is 3. The van der Waals surface area contributed by atoms with Crippen LogP contribution < -0.4 is 0 Å². The number of carbonyl (C=O) groups excluding carboxylic acids is 1. The molecule has 1 aromatic rings. The minimum Gasteiger partial charge on any atom is -0.344 e. The molecule has 0 unspecified atom stereocenters. The van der Waals surface area contributed by atoms with E-state index < -0.39 is 11.9 Å². The Labute approximate surface area is 126 Å². The number of rotatable bonds is 3. The van der Waals surface area contributed by atoms with Crippen molar-refractivity contribution in [2.75, 3.05) is 13.1 Å². The normalized spacial score (nSPS) is 21.7. The number of carbonyl (C=O) groups is 1. The number of alkyl halides is 3. The molecule has 2 aliphatic rings. The van der Waals surface area contributed by atoms with E-state index in [0.29, 0.717) is 23.4 Å². The summed E-state index contributed by atoms with van der Waals surface area (Å²) in [5.74, 6) is 0.446. The molecule has 120 valence electrons. The SMILES string of the molecule is O=CN1CC2(CCC(Cc3cnc(C(F)(F)F)cn3)CC2)C1. The second-order valence-corrected chi connectivity index (χ2v) is 6.55. The Morgan fingerprint density at radius 3 is 2.41 bits per heavy atom. The van der Waals surface area contributed by atoms with Crippen LogP contribution in [0.15, 0.2) is 12.4 Å². The van der Waals surface area contributed by atoms with Crippen molar-refractivity contribution in [1.82, 2.24) is 14.9 Å². The highest BCUT2D eigenvalue weighted by Gasteiger charge is 2.44. The van der Waals surface area contributed by atoms with E-state index in [0.717, 1.165) is 51.4 Å². The van der Waals surface area contributed by atoms with E-state index in [2.05, 4.69) is 9.97 Å². The van der Waals surface area contributed by atoms with Crippen molar-refractivity contribution in [1.29, 1.82) is 0 Å². The zero-order valence-electron chi connectivity index (χ0n) is 12.1. The summed E-state index contributed by atoms with van der Waals surface area (Å²) in [6, 6.07) is 0. The van der Waals surface area contributed by atoms with E-state index in [-0.39, 0.29) is 0 Å². The van der Waals surface area contributed by atoms with E-state index in [1.807, 2.05) is 0 Å². The molecule has 1 aliphatic heterocycles. The van der Waals surface area contributed by atoms with Gasteiger partial charge in [0.15, 0.2) is 5.69 Å². The molecule has 2 heterocycles. The molecule has 1 spiro atoms. The zero-order valence-corrected chi connectivity index (χ0v) is 12.1. The second kappa shape index (κ2) is 5.52. The molecule has 0 aromatic carbocycles.